The quantitative estimate of drug-likeness (QED) is 0.817. The molecule has 0 bridgehead atoms. The zero-order valence-corrected chi connectivity index (χ0v) is 15.4. The SMILES string of the molecule is Cc1ccc([C@]2(O)C[C@@H](C(=O)OP)N(C(=O)OC(C)(C)C)C2)nc1. The Bertz CT molecular complexity index is 628. The third-order valence-corrected chi connectivity index (χ3v) is 3.98. The van der Waals surface area contributed by atoms with Crippen LogP contribution in [0.15, 0.2) is 18.3 Å². The highest BCUT2D eigenvalue weighted by Crippen LogP contribution is 2.36. The molecule has 3 atom stereocenters. The second kappa shape index (κ2) is 6.65. The highest BCUT2D eigenvalue weighted by atomic mass is 31.0. The van der Waals surface area contributed by atoms with Crippen molar-refractivity contribution in [1.82, 2.24) is 9.88 Å². The van der Waals surface area contributed by atoms with Crippen LogP contribution in [-0.2, 0) is 19.7 Å². The number of nitrogens with zero attached hydrogens (tertiary/aromatic N) is 2. The number of hydrogen-bond acceptors (Lipinski definition) is 6. The van der Waals surface area contributed by atoms with Crippen LogP contribution in [0, 0.1) is 6.92 Å². The predicted molar refractivity (Wildman–Crippen MR) is 90.0 cm³/mol. The van der Waals surface area contributed by atoms with Crippen LogP contribution >= 0.6 is 9.47 Å². The fourth-order valence-corrected chi connectivity index (χ4v) is 2.77. The number of carbonyl (C=O) groups excluding carboxylic acids is 2. The number of ether oxygens (including phenoxy) is 1. The van der Waals surface area contributed by atoms with Crippen LogP contribution in [0.2, 0.25) is 0 Å². The van der Waals surface area contributed by atoms with Crippen LogP contribution in [0.25, 0.3) is 0 Å². The summed E-state index contributed by atoms with van der Waals surface area (Å²) in [5.74, 6) is -0.631. The van der Waals surface area contributed by atoms with Crippen molar-refractivity contribution in [2.75, 3.05) is 6.54 Å². The van der Waals surface area contributed by atoms with Gasteiger partial charge in [-0.2, -0.15) is 0 Å². The van der Waals surface area contributed by atoms with E-state index in [9.17, 15) is 14.7 Å². The molecular weight excluding hydrogens is 331 g/mol. The lowest BCUT2D eigenvalue weighted by atomic mass is 9.95. The van der Waals surface area contributed by atoms with Gasteiger partial charge in [-0.05, 0) is 39.3 Å². The lowest BCUT2D eigenvalue weighted by Crippen LogP contribution is -2.44. The Morgan fingerprint density at radius 1 is 1.42 bits per heavy atom. The molecule has 0 radical (unpaired) electrons. The number of likely N-dealkylation sites (tertiary alicyclic amines) is 1. The fourth-order valence-electron chi connectivity index (χ4n) is 2.62. The van der Waals surface area contributed by atoms with Crippen LogP contribution in [0.1, 0.15) is 38.4 Å². The average molecular weight is 354 g/mol. The van der Waals surface area contributed by atoms with Gasteiger partial charge in [0.25, 0.3) is 0 Å². The Morgan fingerprint density at radius 3 is 2.58 bits per heavy atom. The average Bonchev–Trinajstić information content (AvgIpc) is 2.85. The predicted octanol–water partition coefficient (Wildman–Crippen LogP) is 1.92. The van der Waals surface area contributed by atoms with Crippen molar-refractivity contribution in [1.29, 1.82) is 0 Å². The standard InChI is InChI=1S/C16H23N2O5P/c1-10-5-6-12(17-8-10)16(21)7-11(13(19)23-24)18(9-16)14(20)22-15(2,3)4/h5-6,8,11,21H,7,9,24H2,1-4H3/t11-,16-/m0/s1. The van der Waals surface area contributed by atoms with E-state index in [1.807, 2.05) is 22.5 Å². The summed E-state index contributed by atoms with van der Waals surface area (Å²) in [4.78, 5) is 29.9. The molecule has 1 N–H and O–H groups in total. The highest BCUT2D eigenvalue weighted by Gasteiger charge is 2.51. The number of hydrogen-bond donors (Lipinski definition) is 1. The minimum atomic E-state index is -1.44. The van der Waals surface area contributed by atoms with Gasteiger partial charge in [0.15, 0.2) is 0 Å². The van der Waals surface area contributed by atoms with E-state index >= 15 is 0 Å². The lowest BCUT2D eigenvalue weighted by Gasteiger charge is -2.27. The van der Waals surface area contributed by atoms with E-state index in [1.54, 1.807) is 33.0 Å². The molecule has 1 fully saturated rings. The Hall–Kier alpha value is -1.72. The molecular formula is C16H23N2O5P. The molecule has 1 unspecified atom stereocenters. The summed E-state index contributed by atoms with van der Waals surface area (Å²) in [6.07, 6.45) is 0.952. The summed E-state index contributed by atoms with van der Waals surface area (Å²) in [5.41, 5.74) is -0.797. The summed E-state index contributed by atoms with van der Waals surface area (Å²) in [6, 6.07) is 2.57. The van der Waals surface area contributed by atoms with Gasteiger partial charge >= 0.3 is 12.1 Å². The smallest absolute Gasteiger partial charge is 0.411 e. The maximum absolute atomic E-state index is 12.4. The molecule has 8 heteroatoms. The molecule has 1 amide bonds. The van der Waals surface area contributed by atoms with Crippen LogP contribution in [0.4, 0.5) is 4.79 Å². The molecule has 1 aromatic heterocycles. The normalized spacial score (nSPS) is 23.9. The molecule has 0 saturated carbocycles. The first-order valence-electron chi connectivity index (χ1n) is 7.61. The summed E-state index contributed by atoms with van der Waals surface area (Å²) in [5, 5.41) is 11.0. The number of aryl methyl sites for hydroxylation is 1. The molecule has 0 aromatic carbocycles. The molecule has 1 aromatic rings. The van der Waals surface area contributed by atoms with Crippen LogP contribution in [0.3, 0.4) is 0 Å². The molecule has 1 saturated heterocycles. The lowest BCUT2D eigenvalue weighted by molar-refractivity contribution is -0.138. The van der Waals surface area contributed by atoms with Crippen molar-refractivity contribution in [3.05, 3.63) is 29.6 Å². The molecule has 132 valence electrons. The van der Waals surface area contributed by atoms with Gasteiger partial charge in [-0.3, -0.25) is 9.88 Å². The minimum Gasteiger partial charge on any atom is -0.450 e. The van der Waals surface area contributed by atoms with Gasteiger partial charge in [0.05, 0.1) is 21.7 Å². The van der Waals surface area contributed by atoms with E-state index in [-0.39, 0.29) is 13.0 Å². The summed E-state index contributed by atoms with van der Waals surface area (Å²) < 4.78 is 10.0. The van der Waals surface area contributed by atoms with E-state index in [4.69, 9.17) is 4.74 Å². The molecule has 1 aliphatic heterocycles. The van der Waals surface area contributed by atoms with Gasteiger partial charge in [-0.25, -0.2) is 9.59 Å². The van der Waals surface area contributed by atoms with Gasteiger partial charge in [0.1, 0.15) is 17.2 Å². The largest absolute Gasteiger partial charge is 0.450 e. The van der Waals surface area contributed by atoms with E-state index in [2.05, 4.69) is 9.51 Å². The topological polar surface area (TPSA) is 89.0 Å². The zero-order chi connectivity index (χ0) is 18.1. The first-order chi connectivity index (χ1) is 11.1. The number of aromatic nitrogens is 1. The van der Waals surface area contributed by atoms with E-state index in [0.717, 1.165) is 5.56 Å². The monoisotopic (exact) mass is 354 g/mol. The first-order valence-corrected chi connectivity index (χ1v) is 8.08. The summed E-state index contributed by atoms with van der Waals surface area (Å²) in [7, 11) is 1.87. The second-order valence-corrected chi connectivity index (χ2v) is 7.25. The molecule has 1 aliphatic rings. The van der Waals surface area contributed by atoms with Gasteiger partial charge in [0, 0.05) is 12.6 Å². The third-order valence-electron chi connectivity index (χ3n) is 3.74. The maximum atomic E-state index is 12.4. The van der Waals surface area contributed by atoms with Crippen molar-refractivity contribution in [2.24, 2.45) is 0 Å². The molecule has 2 heterocycles. The van der Waals surface area contributed by atoms with E-state index < -0.39 is 29.3 Å². The first kappa shape index (κ1) is 18.6. The Kier molecular flexibility index (Phi) is 5.16. The molecule has 0 aliphatic carbocycles. The third kappa shape index (κ3) is 4.02. The second-order valence-electron chi connectivity index (χ2n) is 7.02. The Labute approximate surface area is 143 Å². The zero-order valence-electron chi connectivity index (χ0n) is 14.3. The van der Waals surface area contributed by atoms with Gasteiger partial charge in [-0.15, -0.1) is 0 Å². The van der Waals surface area contributed by atoms with Crippen molar-refractivity contribution >= 4 is 21.5 Å². The van der Waals surface area contributed by atoms with Crippen LogP contribution in [0.5, 0.6) is 0 Å². The van der Waals surface area contributed by atoms with Gasteiger partial charge < -0.3 is 14.4 Å². The van der Waals surface area contributed by atoms with E-state index in [0.29, 0.717) is 5.69 Å². The summed E-state index contributed by atoms with van der Waals surface area (Å²) >= 11 is 0. The van der Waals surface area contributed by atoms with Crippen molar-refractivity contribution in [2.45, 2.75) is 51.4 Å². The van der Waals surface area contributed by atoms with Crippen LogP contribution < -0.4 is 0 Å². The molecule has 7 nitrogen and oxygen atoms in total. The van der Waals surface area contributed by atoms with Gasteiger partial charge in [0.2, 0.25) is 0 Å². The van der Waals surface area contributed by atoms with Crippen LogP contribution in [-0.4, -0.2) is 45.2 Å². The van der Waals surface area contributed by atoms with E-state index in [1.165, 1.54) is 4.90 Å². The summed E-state index contributed by atoms with van der Waals surface area (Å²) in [6.45, 7) is 6.99. The molecule has 24 heavy (non-hydrogen) atoms. The van der Waals surface area contributed by atoms with Gasteiger partial charge in [-0.1, -0.05) is 6.07 Å². The highest BCUT2D eigenvalue weighted by molar-refractivity contribution is 7.10. The number of β-amino-alcohol motifs (C(OH)–C–C–N with tert-alkyl or cyclic N) is 1. The fraction of sp³-hybridized carbons (Fsp3) is 0.562. The number of aliphatic hydroxyl groups is 1. The minimum absolute atomic E-state index is 0.00443. The Morgan fingerprint density at radius 2 is 2.08 bits per heavy atom. The van der Waals surface area contributed by atoms with Crippen molar-refractivity contribution in [3.8, 4) is 0 Å². The number of carbonyl (C=O) groups is 2. The molecule has 2 rings (SSSR count). The maximum Gasteiger partial charge on any atom is 0.411 e. The number of pyridine rings is 1. The van der Waals surface area contributed by atoms with Crippen molar-refractivity contribution in [3.63, 3.8) is 0 Å². The molecule has 0 spiro atoms. The Balaban J connectivity index is 2.30. The number of rotatable bonds is 2. The number of amides is 1. The van der Waals surface area contributed by atoms with Crippen molar-refractivity contribution < 1.29 is 24.0 Å².